The third-order valence-electron chi connectivity index (χ3n) is 12.0. The summed E-state index contributed by atoms with van der Waals surface area (Å²) < 4.78 is 5.90. The zero-order valence-corrected chi connectivity index (χ0v) is 42.6. The molecule has 0 aromatic carbocycles. The summed E-state index contributed by atoms with van der Waals surface area (Å²) in [6.07, 6.45) is 68.0. The number of carbonyl (C=O) groups excluding carboxylic acids is 2. The van der Waals surface area contributed by atoms with Crippen LogP contribution in [0.5, 0.6) is 0 Å². The number of hydrogen-bond donors (Lipinski definition) is 3. The summed E-state index contributed by atoms with van der Waals surface area (Å²) in [6.45, 7) is 6.34. The van der Waals surface area contributed by atoms with Crippen molar-refractivity contribution in [2.24, 2.45) is 0 Å². The number of allylic oxidation sites excluding steroid dienone is 14. The van der Waals surface area contributed by atoms with Crippen LogP contribution in [0.3, 0.4) is 0 Å². The van der Waals surface area contributed by atoms with Gasteiger partial charge in [-0.25, -0.2) is 0 Å². The monoisotopic (exact) mass is 906 g/mol. The zero-order valence-electron chi connectivity index (χ0n) is 42.6. The van der Waals surface area contributed by atoms with Crippen molar-refractivity contribution in [3.8, 4) is 0 Å². The van der Waals surface area contributed by atoms with Gasteiger partial charge in [-0.3, -0.25) is 9.59 Å². The highest BCUT2D eigenvalue weighted by Crippen LogP contribution is 2.17. The first kappa shape index (κ1) is 62.0. The average molecular weight is 906 g/mol. The molecule has 0 bridgehead atoms. The van der Waals surface area contributed by atoms with Crippen LogP contribution < -0.4 is 5.32 Å². The van der Waals surface area contributed by atoms with Crippen molar-refractivity contribution in [3.63, 3.8) is 0 Å². The lowest BCUT2D eigenvalue weighted by Crippen LogP contribution is -2.46. The van der Waals surface area contributed by atoms with Crippen LogP contribution in [0, 0.1) is 0 Å². The Morgan fingerprint density at radius 2 is 0.831 bits per heavy atom. The molecule has 0 aromatic rings. The van der Waals surface area contributed by atoms with E-state index in [-0.39, 0.29) is 31.3 Å². The molecule has 0 aliphatic carbocycles. The van der Waals surface area contributed by atoms with Crippen LogP contribution in [0.1, 0.15) is 252 Å². The van der Waals surface area contributed by atoms with Crippen LogP contribution in [-0.2, 0) is 14.3 Å². The van der Waals surface area contributed by atoms with Gasteiger partial charge in [-0.1, -0.05) is 234 Å². The number of amides is 1. The van der Waals surface area contributed by atoms with E-state index < -0.39 is 18.2 Å². The Hall–Kier alpha value is -2.96. The van der Waals surface area contributed by atoms with Crippen molar-refractivity contribution < 1.29 is 24.5 Å². The number of carbonyl (C=O) groups is 2. The highest BCUT2D eigenvalue weighted by atomic mass is 16.5. The van der Waals surface area contributed by atoms with Crippen LogP contribution in [0.4, 0.5) is 0 Å². The Kier molecular flexibility index (Phi) is 49.6. The maximum Gasteiger partial charge on any atom is 0.306 e. The van der Waals surface area contributed by atoms with Gasteiger partial charge in [0.2, 0.25) is 5.91 Å². The van der Waals surface area contributed by atoms with E-state index in [4.69, 9.17) is 4.74 Å². The first-order chi connectivity index (χ1) is 32.0. The van der Waals surface area contributed by atoms with Crippen LogP contribution in [0.2, 0.25) is 0 Å². The van der Waals surface area contributed by atoms with E-state index in [0.29, 0.717) is 19.3 Å². The minimum absolute atomic E-state index is 0.0412. The fourth-order valence-electron chi connectivity index (χ4n) is 7.86. The van der Waals surface area contributed by atoms with Gasteiger partial charge in [0.1, 0.15) is 6.10 Å². The smallest absolute Gasteiger partial charge is 0.306 e. The second kappa shape index (κ2) is 52.0. The third kappa shape index (κ3) is 47.3. The molecule has 0 heterocycles. The van der Waals surface area contributed by atoms with Crippen LogP contribution >= 0.6 is 0 Å². The molecule has 0 rings (SSSR count). The first-order valence-corrected chi connectivity index (χ1v) is 27.3. The standard InChI is InChI=1S/C59H103NO5/c1-4-7-10-13-16-19-22-24-26-28-29-31-33-35-37-40-43-46-49-52-59(64)65-55(50-47-44-41-38-36-34-32-30-27-25-23-20-17-14-11-8-5-2)53-58(63)60-56(54-61)57(62)51-48-45-42-39-21-18-15-12-9-6-3/h7,10,16,19,24-27,29,31,35,37,43,46,55-57,61-62H,4-6,8-9,11-15,17-18,20-23,28,30,32-34,36,38-42,44-45,47-54H2,1-3H3,(H,60,63)/b10-7-,19-16-,26-24-,27-25+,31-29-,37-35-,46-43-. The van der Waals surface area contributed by atoms with E-state index in [1.165, 1.54) is 122 Å². The van der Waals surface area contributed by atoms with E-state index in [0.717, 1.165) is 77.0 Å². The normalized spacial score (nSPS) is 13.9. The van der Waals surface area contributed by atoms with Gasteiger partial charge in [0.15, 0.2) is 0 Å². The number of aliphatic hydroxyl groups excluding tert-OH is 2. The molecule has 374 valence electrons. The van der Waals surface area contributed by atoms with E-state index >= 15 is 0 Å². The van der Waals surface area contributed by atoms with Crippen LogP contribution in [0.15, 0.2) is 85.1 Å². The summed E-state index contributed by atoms with van der Waals surface area (Å²) in [5, 5.41) is 23.7. The molecule has 0 aliphatic rings. The minimum atomic E-state index is -0.804. The van der Waals surface area contributed by atoms with Crippen molar-refractivity contribution in [2.75, 3.05) is 6.61 Å². The fourth-order valence-corrected chi connectivity index (χ4v) is 7.86. The molecule has 0 saturated carbocycles. The van der Waals surface area contributed by atoms with E-state index in [2.05, 4.69) is 105 Å². The molecule has 1 amide bonds. The van der Waals surface area contributed by atoms with Crippen molar-refractivity contribution in [1.82, 2.24) is 5.32 Å². The van der Waals surface area contributed by atoms with Gasteiger partial charge in [0, 0.05) is 6.42 Å². The Bertz CT molecular complexity index is 1250. The molecule has 6 nitrogen and oxygen atoms in total. The number of esters is 1. The first-order valence-electron chi connectivity index (χ1n) is 27.3. The van der Waals surface area contributed by atoms with Crippen LogP contribution in [0.25, 0.3) is 0 Å². The Balaban J connectivity index is 4.70. The predicted molar refractivity (Wildman–Crippen MR) is 282 cm³/mol. The molecular formula is C59H103NO5. The van der Waals surface area contributed by atoms with Crippen molar-refractivity contribution in [1.29, 1.82) is 0 Å². The molecule has 0 spiro atoms. The molecule has 6 heteroatoms. The second-order valence-corrected chi connectivity index (χ2v) is 18.2. The Labute approximate surface area is 402 Å². The summed E-state index contributed by atoms with van der Waals surface area (Å²) >= 11 is 0. The molecular weight excluding hydrogens is 803 g/mol. The highest BCUT2D eigenvalue weighted by molar-refractivity contribution is 5.77. The van der Waals surface area contributed by atoms with Gasteiger partial charge >= 0.3 is 5.97 Å². The minimum Gasteiger partial charge on any atom is -0.462 e. The lowest BCUT2D eigenvalue weighted by Gasteiger charge is -2.24. The molecule has 0 aliphatic heterocycles. The lowest BCUT2D eigenvalue weighted by atomic mass is 10.0. The van der Waals surface area contributed by atoms with Crippen LogP contribution in [-0.4, -0.2) is 46.9 Å². The van der Waals surface area contributed by atoms with Gasteiger partial charge in [-0.05, 0) is 89.9 Å². The van der Waals surface area contributed by atoms with Crippen molar-refractivity contribution in [3.05, 3.63) is 85.1 Å². The number of nitrogens with one attached hydrogen (secondary N) is 1. The number of rotatable bonds is 48. The number of aliphatic hydroxyl groups is 2. The molecule has 3 N–H and O–H groups in total. The number of ether oxygens (including phenoxy) is 1. The topological polar surface area (TPSA) is 95.9 Å². The van der Waals surface area contributed by atoms with Crippen molar-refractivity contribution in [2.45, 2.75) is 270 Å². The molecule has 0 saturated heterocycles. The largest absolute Gasteiger partial charge is 0.462 e. The Morgan fingerprint density at radius 1 is 0.462 bits per heavy atom. The molecule has 65 heavy (non-hydrogen) atoms. The maximum absolute atomic E-state index is 13.2. The summed E-state index contributed by atoms with van der Waals surface area (Å²) in [4.78, 5) is 26.2. The summed E-state index contributed by atoms with van der Waals surface area (Å²) in [5.74, 6) is -0.579. The molecule has 3 unspecified atom stereocenters. The summed E-state index contributed by atoms with van der Waals surface area (Å²) in [7, 11) is 0. The zero-order chi connectivity index (χ0) is 47.4. The van der Waals surface area contributed by atoms with Gasteiger partial charge in [-0.15, -0.1) is 0 Å². The van der Waals surface area contributed by atoms with Gasteiger partial charge in [-0.2, -0.15) is 0 Å². The number of unbranched alkanes of at least 4 members (excludes halogenated alkanes) is 22. The fraction of sp³-hybridized carbons (Fsp3) is 0.729. The Morgan fingerprint density at radius 3 is 1.26 bits per heavy atom. The second-order valence-electron chi connectivity index (χ2n) is 18.2. The quantitative estimate of drug-likeness (QED) is 0.0321. The molecule has 0 fully saturated rings. The summed E-state index contributed by atoms with van der Waals surface area (Å²) in [6, 6.07) is -0.721. The van der Waals surface area contributed by atoms with E-state index in [9.17, 15) is 19.8 Å². The van der Waals surface area contributed by atoms with Gasteiger partial charge in [0.05, 0.1) is 25.2 Å². The van der Waals surface area contributed by atoms with Gasteiger partial charge < -0.3 is 20.3 Å². The SMILES string of the molecule is CC/C=C\C/C=C\C/C=C\C/C=C\C/C=C\C/C=C\CCC(=O)OC(CCCCCCCCC/C=C/CCCCCCCC)CC(=O)NC(CO)C(O)CCCCCCCCCCCC. The van der Waals surface area contributed by atoms with Gasteiger partial charge in [0.25, 0.3) is 0 Å². The highest BCUT2D eigenvalue weighted by Gasteiger charge is 2.24. The third-order valence-corrected chi connectivity index (χ3v) is 12.0. The van der Waals surface area contributed by atoms with E-state index in [1.54, 1.807) is 0 Å². The molecule has 0 radical (unpaired) electrons. The molecule has 3 atom stereocenters. The lowest BCUT2D eigenvalue weighted by molar-refractivity contribution is -0.150. The average Bonchev–Trinajstić information content (AvgIpc) is 3.30. The maximum atomic E-state index is 13.2. The summed E-state index contributed by atoms with van der Waals surface area (Å²) in [5.41, 5.74) is 0. The molecule has 0 aromatic heterocycles. The van der Waals surface area contributed by atoms with E-state index in [1.807, 2.05) is 6.08 Å². The predicted octanol–water partition coefficient (Wildman–Crippen LogP) is 16.7. The number of hydrogen-bond acceptors (Lipinski definition) is 5. The van der Waals surface area contributed by atoms with Crippen molar-refractivity contribution >= 4 is 11.9 Å².